The van der Waals surface area contributed by atoms with Crippen molar-refractivity contribution in [3.8, 4) is 11.5 Å². The molecule has 0 aromatic heterocycles. The van der Waals surface area contributed by atoms with Gasteiger partial charge in [0.15, 0.2) is 11.5 Å². The number of ether oxygens (including phenoxy) is 4. The highest BCUT2D eigenvalue weighted by atomic mass is 35.5. The van der Waals surface area contributed by atoms with Crippen molar-refractivity contribution in [2.75, 3.05) is 7.11 Å². The molecule has 0 radical (unpaired) electrons. The first-order chi connectivity index (χ1) is 15.4. The standard InChI is InChI=1S/C24H22Cl2O6/c1-29-21-12-15(5-8-20(21)30-14-16-6-7-17(25)13-19(16)26)11-18-22(27)31-24(32-23(18)28)9-3-2-4-10-24/h5-8,11-13H,2-4,9-10,14H2,1H3. The third-order valence-corrected chi connectivity index (χ3v) is 6.10. The van der Waals surface area contributed by atoms with E-state index in [0.29, 0.717) is 39.9 Å². The Kier molecular flexibility index (Phi) is 6.63. The van der Waals surface area contributed by atoms with E-state index in [9.17, 15) is 9.59 Å². The summed E-state index contributed by atoms with van der Waals surface area (Å²) in [7, 11) is 1.50. The van der Waals surface area contributed by atoms with Crippen LogP contribution in [-0.4, -0.2) is 24.8 Å². The summed E-state index contributed by atoms with van der Waals surface area (Å²) in [5, 5.41) is 1.05. The monoisotopic (exact) mass is 476 g/mol. The molecular weight excluding hydrogens is 455 g/mol. The maximum absolute atomic E-state index is 12.5. The largest absolute Gasteiger partial charge is 0.493 e. The van der Waals surface area contributed by atoms with E-state index in [1.807, 2.05) is 0 Å². The molecule has 2 aliphatic rings. The quantitative estimate of drug-likeness (QED) is 0.312. The van der Waals surface area contributed by atoms with Gasteiger partial charge in [0, 0.05) is 28.5 Å². The third kappa shape index (κ3) is 4.87. The lowest BCUT2D eigenvalue weighted by Gasteiger charge is -2.38. The number of methoxy groups -OCH3 is 1. The van der Waals surface area contributed by atoms with E-state index in [-0.39, 0.29) is 12.2 Å². The first kappa shape index (κ1) is 22.5. The van der Waals surface area contributed by atoms with E-state index < -0.39 is 17.7 Å². The summed E-state index contributed by atoms with van der Waals surface area (Å²) in [5.74, 6) is -1.52. The molecule has 0 atom stereocenters. The van der Waals surface area contributed by atoms with Crippen molar-refractivity contribution in [2.45, 2.75) is 44.5 Å². The van der Waals surface area contributed by atoms with E-state index in [1.54, 1.807) is 36.4 Å². The molecule has 0 N–H and O–H groups in total. The van der Waals surface area contributed by atoms with E-state index in [1.165, 1.54) is 13.2 Å². The maximum Gasteiger partial charge on any atom is 0.348 e. The maximum atomic E-state index is 12.5. The molecule has 4 rings (SSSR count). The average Bonchev–Trinajstić information content (AvgIpc) is 2.76. The summed E-state index contributed by atoms with van der Waals surface area (Å²) in [6, 6.07) is 10.2. The van der Waals surface area contributed by atoms with Crippen LogP contribution in [0.15, 0.2) is 42.0 Å². The van der Waals surface area contributed by atoms with Crippen molar-refractivity contribution < 1.29 is 28.5 Å². The second-order valence-corrected chi connectivity index (χ2v) is 8.59. The highest BCUT2D eigenvalue weighted by Crippen LogP contribution is 2.38. The minimum atomic E-state index is -1.11. The van der Waals surface area contributed by atoms with E-state index in [2.05, 4.69) is 0 Å². The summed E-state index contributed by atoms with van der Waals surface area (Å²) in [6.07, 6.45) is 5.27. The van der Waals surface area contributed by atoms with Crippen LogP contribution in [-0.2, 0) is 25.7 Å². The number of rotatable bonds is 5. The van der Waals surface area contributed by atoms with E-state index >= 15 is 0 Å². The smallest absolute Gasteiger partial charge is 0.348 e. The number of carbonyl (C=O) groups excluding carboxylic acids is 2. The summed E-state index contributed by atoms with van der Waals surface area (Å²) < 4.78 is 22.3. The van der Waals surface area contributed by atoms with Crippen LogP contribution in [0, 0.1) is 0 Å². The Morgan fingerprint density at radius 2 is 1.69 bits per heavy atom. The van der Waals surface area contributed by atoms with Gasteiger partial charge in [0.1, 0.15) is 12.2 Å². The molecule has 2 aromatic rings. The summed E-state index contributed by atoms with van der Waals surface area (Å²) in [6.45, 7) is 0.216. The predicted molar refractivity (Wildman–Crippen MR) is 120 cm³/mol. The molecule has 8 heteroatoms. The van der Waals surface area contributed by atoms with Crippen LogP contribution in [0.3, 0.4) is 0 Å². The molecule has 1 spiro atoms. The third-order valence-electron chi connectivity index (χ3n) is 5.51. The number of hydrogen-bond acceptors (Lipinski definition) is 6. The summed E-state index contributed by atoms with van der Waals surface area (Å²) >= 11 is 12.1. The molecular formula is C24H22Cl2O6. The Hall–Kier alpha value is -2.70. The van der Waals surface area contributed by atoms with Crippen molar-refractivity contribution in [3.63, 3.8) is 0 Å². The Bertz CT molecular complexity index is 1050. The molecule has 6 nitrogen and oxygen atoms in total. The van der Waals surface area contributed by atoms with Gasteiger partial charge in [-0.25, -0.2) is 9.59 Å². The van der Waals surface area contributed by atoms with Crippen molar-refractivity contribution >= 4 is 41.2 Å². The summed E-state index contributed by atoms with van der Waals surface area (Å²) in [4.78, 5) is 25.1. The lowest BCUT2D eigenvalue weighted by molar-refractivity contribution is -0.244. The van der Waals surface area contributed by atoms with Crippen LogP contribution in [0.5, 0.6) is 11.5 Å². The average molecular weight is 477 g/mol. The van der Waals surface area contributed by atoms with Crippen LogP contribution in [0.4, 0.5) is 0 Å². The zero-order valence-corrected chi connectivity index (χ0v) is 19.0. The highest BCUT2D eigenvalue weighted by molar-refractivity contribution is 6.35. The van der Waals surface area contributed by atoms with E-state index in [0.717, 1.165) is 24.8 Å². The fraction of sp³-hybridized carbons (Fsp3) is 0.333. The molecule has 2 fully saturated rings. The molecule has 0 unspecified atom stereocenters. The molecule has 0 amide bonds. The van der Waals surface area contributed by atoms with Gasteiger partial charge in [-0.2, -0.15) is 0 Å². The molecule has 2 aromatic carbocycles. The van der Waals surface area contributed by atoms with Crippen LogP contribution >= 0.6 is 23.2 Å². The van der Waals surface area contributed by atoms with Crippen molar-refractivity contribution in [1.82, 2.24) is 0 Å². The van der Waals surface area contributed by atoms with Crippen LogP contribution in [0.2, 0.25) is 10.0 Å². The highest BCUT2D eigenvalue weighted by Gasteiger charge is 2.46. The first-order valence-corrected chi connectivity index (χ1v) is 11.1. The fourth-order valence-corrected chi connectivity index (χ4v) is 4.28. The Labute approximate surface area is 196 Å². The minimum Gasteiger partial charge on any atom is -0.493 e. The van der Waals surface area contributed by atoms with E-state index in [4.69, 9.17) is 42.1 Å². The molecule has 0 bridgehead atoms. The molecule has 1 saturated carbocycles. The molecule has 1 aliphatic carbocycles. The van der Waals surface area contributed by atoms with Crippen molar-refractivity contribution in [2.24, 2.45) is 0 Å². The van der Waals surface area contributed by atoms with Crippen molar-refractivity contribution in [3.05, 3.63) is 63.1 Å². The van der Waals surface area contributed by atoms with Crippen LogP contribution in [0.1, 0.15) is 43.2 Å². The van der Waals surface area contributed by atoms with Crippen LogP contribution < -0.4 is 9.47 Å². The summed E-state index contributed by atoms with van der Waals surface area (Å²) in [5.41, 5.74) is 1.20. The lowest BCUT2D eigenvalue weighted by Crippen LogP contribution is -2.47. The molecule has 1 aliphatic heterocycles. The van der Waals surface area contributed by atoms with Gasteiger partial charge < -0.3 is 18.9 Å². The van der Waals surface area contributed by atoms with Crippen molar-refractivity contribution in [1.29, 1.82) is 0 Å². The van der Waals surface area contributed by atoms with Gasteiger partial charge in [-0.3, -0.25) is 0 Å². The lowest BCUT2D eigenvalue weighted by atomic mass is 9.93. The molecule has 1 heterocycles. The number of carbonyl (C=O) groups is 2. The molecule has 1 saturated heterocycles. The Morgan fingerprint density at radius 3 is 2.34 bits per heavy atom. The topological polar surface area (TPSA) is 71.1 Å². The predicted octanol–water partition coefficient (Wildman–Crippen LogP) is 5.72. The van der Waals surface area contributed by atoms with Gasteiger partial charge in [0.25, 0.3) is 5.79 Å². The minimum absolute atomic E-state index is 0.148. The number of benzene rings is 2. The van der Waals surface area contributed by atoms with Gasteiger partial charge in [-0.15, -0.1) is 0 Å². The normalized spacial score (nSPS) is 17.5. The second-order valence-electron chi connectivity index (χ2n) is 7.74. The van der Waals surface area contributed by atoms with Gasteiger partial charge >= 0.3 is 11.9 Å². The van der Waals surface area contributed by atoms with Gasteiger partial charge in [-0.05, 0) is 48.7 Å². The Morgan fingerprint density at radius 1 is 0.969 bits per heavy atom. The second kappa shape index (κ2) is 9.43. The number of hydrogen-bond donors (Lipinski definition) is 0. The van der Waals surface area contributed by atoms with Gasteiger partial charge in [0.2, 0.25) is 0 Å². The SMILES string of the molecule is COc1cc(C=C2C(=O)OC3(CCCCC3)OC2=O)ccc1OCc1ccc(Cl)cc1Cl. The van der Waals surface area contributed by atoms with Crippen LogP contribution in [0.25, 0.3) is 6.08 Å². The van der Waals surface area contributed by atoms with Gasteiger partial charge in [-0.1, -0.05) is 41.8 Å². The molecule has 32 heavy (non-hydrogen) atoms. The fourth-order valence-electron chi connectivity index (χ4n) is 3.82. The number of halogens is 2. The molecule has 168 valence electrons. The number of esters is 2. The van der Waals surface area contributed by atoms with Gasteiger partial charge in [0.05, 0.1) is 7.11 Å². The zero-order chi connectivity index (χ0) is 22.7. The first-order valence-electron chi connectivity index (χ1n) is 10.3. The Balaban J connectivity index is 1.50. The zero-order valence-electron chi connectivity index (χ0n) is 17.5.